The molecule has 0 aliphatic carbocycles. The van der Waals surface area contributed by atoms with Crippen LogP contribution in [0.15, 0.2) is 48.5 Å². The normalized spacial score (nSPS) is 18.1. The van der Waals surface area contributed by atoms with Gasteiger partial charge in [-0.05, 0) is 48.4 Å². The van der Waals surface area contributed by atoms with Crippen molar-refractivity contribution in [2.45, 2.75) is 13.3 Å². The number of anilines is 1. The van der Waals surface area contributed by atoms with Crippen molar-refractivity contribution in [3.8, 4) is 5.75 Å². The minimum absolute atomic E-state index is 0.195. The largest absolute Gasteiger partial charge is 0.497 e. The molecule has 1 N–H and O–H groups in total. The van der Waals surface area contributed by atoms with Crippen LogP contribution in [0.1, 0.15) is 22.8 Å². The molecule has 2 amide bonds. The van der Waals surface area contributed by atoms with Gasteiger partial charge in [0.25, 0.3) is 5.91 Å². The second-order valence-electron chi connectivity index (χ2n) is 6.68. The van der Waals surface area contributed by atoms with Crippen LogP contribution in [-0.4, -0.2) is 39.6 Å². The molecule has 148 valence electrons. The van der Waals surface area contributed by atoms with E-state index in [1.54, 1.807) is 14.0 Å². The van der Waals surface area contributed by atoms with Crippen molar-refractivity contribution in [2.24, 2.45) is 5.92 Å². The molecular weight excluding hydrogens is 380 g/mol. The molecule has 1 aliphatic heterocycles. The summed E-state index contributed by atoms with van der Waals surface area (Å²) in [5, 5.41) is 2.83. The number of benzene rings is 2. The van der Waals surface area contributed by atoms with Crippen LogP contribution < -0.4 is 14.4 Å². The summed E-state index contributed by atoms with van der Waals surface area (Å²) in [5.74, 6) is -0.688. The van der Waals surface area contributed by atoms with Crippen molar-refractivity contribution in [1.82, 2.24) is 5.32 Å². The first kappa shape index (κ1) is 19.9. The summed E-state index contributed by atoms with van der Waals surface area (Å²) in [4.78, 5) is 24.4. The van der Waals surface area contributed by atoms with Crippen LogP contribution in [0.25, 0.3) is 0 Å². The Morgan fingerprint density at radius 3 is 2.32 bits per heavy atom. The molecule has 28 heavy (non-hydrogen) atoms. The molecule has 7 nitrogen and oxygen atoms in total. The van der Waals surface area contributed by atoms with Gasteiger partial charge in [0, 0.05) is 12.1 Å². The second-order valence-corrected chi connectivity index (χ2v) is 8.55. The smallest absolute Gasteiger partial charge is 0.251 e. The first-order chi connectivity index (χ1) is 13.3. The number of amides is 2. The molecule has 0 bridgehead atoms. The third kappa shape index (κ3) is 4.17. The van der Waals surface area contributed by atoms with Gasteiger partial charge >= 0.3 is 0 Å². The molecule has 0 aromatic heterocycles. The molecule has 0 radical (unpaired) electrons. The molecule has 0 unspecified atom stereocenters. The lowest BCUT2D eigenvalue weighted by Gasteiger charge is -2.15. The van der Waals surface area contributed by atoms with Gasteiger partial charge in [0.05, 0.1) is 24.5 Å². The van der Waals surface area contributed by atoms with Crippen molar-refractivity contribution < 1.29 is 22.7 Å². The maximum Gasteiger partial charge on any atom is 0.251 e. The van der Waals surface area contributed by atoms with Crippen LogP contribution in [0, 0.1) is 5.92 Å². The van der Waals surface area contributed by atoms with Crippen molar-refractivity contribution in [1.29, 1.82) is 0 Å². The van der Waals surface area contributed by atoms with E-state index < -0.39 is 21.8 Å². The Bertz CT molecular complexity index is 969. The Morgan fingerprint density at radius 1 is 1.14 bits per heavy atom. The molecule has 1 fully saturated rings. The van der Waals surface area contributed by atoms with Gasteiger partial charge in [-0.15, -0.1) is 0 Å². The zero-order valence-electron chi connectivity index (χ0n) is 15.7. The van der Waals surface area contributed by atoms with Crippen LogP contribution in [-0.2, 0) is 21.2 Å². The summed E-state index contributed by atoms with van der Waals surface area (Å²) in [5.41, 5.74) is 1.73. The average molecular weight is 402 g/mol. The van der Waals surface area contributed by atoms with Crippen LogP contribution in [0.2, 0.25) is 0 Å². The summed E-state index contributed by atoms with van der Waals surface area (Å²) in [6.07, 6.45) is 0.673. The fourth-order valence-electron chi connectivity index (χ4n) is 3.05. The van der Waals surface area contributed by atoms with Crippen LogP contribution in [0.3, 0.4) is 0 Å². The summed E-state index contributed by atoms with van der Waals surface area (Å²) in [7, 11) is -2.04. The molecule has 2 aromatic carbocycles. The highest BCUT2D eigenvalue weighted by Gasteiger charge is 2.41. The van der Waals surface area contributed by atoms with Gasteiger partial charge in [0.15, 0.2) is 0 Å². The molecule has 3 rings (SSSR count). The molecular formula is C20H22N2O5S. The average Bonchev–Trinajstić information content (AvgIpc) is 2.89. The molecule has 1 aliphatic rings. The number of carbonyl (C=O) groups excluding carboxylic acids is 2. The van der Waals surface area contributed by atoms with Crippen molar-refractivity contribution >= 4 is 27.5 Å². The van der Waals surface area contributed by atoms with Crippen molar-refractivity contribution in [2.75, 3.05) is 23.7 Å². The van der Waals surface area contributed by atoms with E-state index in [9.17, 15) is 18.0 Å². The number of methoxy groups -OCH3 is 1. The van der Waals surface area contributed by atoms with Gasteiger partial charge in [-0.25, -0.2) is 12.7 Å². The summed E-state index contributed by atoms with van der Waals surface area (Å²) in [6.45, 7) is 2.05. The number of nitrogens with one attached hydrogen (secondary N) is 1. The fraction of sp³-hybridized carbons (Fsp3) is 0.300. The molecule has 0 saturated carbocycles. The van der Waals surface area contributed by atoms with Gasteiger partial charge in [0.2, 0.25) is 15.9 Å². The third-order valence-corrected chi connectivity index (χ3v) is 6.45. The number of rotatable bonds is 6. The van der Waals surface area contributed by atoms with Gasteiger partial charge in [-0.1, -0.05) is 19.1 Å². The van der Waals surface area contributed by atoms with E-state index in [1.807, 2.05) is 24.3 Å². The Morgan fingerprint density at radius 2 is 1.79 bits per heavy atom. The summed E-state index contributed by atoms with van der Waals surface area (Å²) < 4.78 is 30.2. The summed E-state index contributed by atoms with van der Waals surface area (Å²) in [6, 6.07) is 13.6. The highest BCUT2D eigenvalue weighted by Crippen LogP contribution is 2.28. The highest BCUT2D eigenvalue weighted by atomic mass is 32.2. The summed E-state index contributed by atoms with van der Waals surface area (Å²) >= 11 is 0. The van der Waals surface area contributed by atoms with Gasteiger partial charge in [0.1, 0.15) is 5.75 Å². The minimum Gasteiger partial charge on any atom is -0.497 e. The topological polar surface area (TPSA) is 92.8 Å². The molecule has 1 heterocycles. The monoisotopic (exact) mass is 402 g/mol. The van der Waals surface area contributed by atoms with Crippen molar-refractivity contribution in [3.63, 3.8) is 0 Å². The Labute approximate surface area is 164 Å². The van der Waals surface area contributed by atoms with Crippen LogP contribution in [0.5, 0.6) is 5.75 Å². The quantitative estimate of drug-likeness (QED) is 0.798. The Kier molecular flexibility index (Phi) is 5.69. The SMILES string of the molecule is COc1ccc(CCNC(=O)c2ccc(N3C(=O)[C@@H](C)CS3(=O)=O)cc2)cc1. The number of sulfonamides is 1. The zero-order valence-corrected chi connectivity index (χ0v) is 16.5. The molecule has 8 heteroatoms. The Hall–Kier alpha value is -2.87. The molecule has 1 saturated heterocycles. The minimum atomic E-state index is -3.65. The van der Waals surface area contributed by atoms with E-state index in [2.05, 4.69) is 5.32 Å². The lowest BCUT2D eigenvalue weighted by Crippen LogP contribution is -2.30. The van der Waals surface area contributed by atoms with E-state index in [-0.39, 0.29) is 17.3 Å². The van der Waals surface area contributed by atoms with Gasteiger partial charge in [-0.3, -0.25) is 9.59 Å². The standard InChI is InChI=1S/C20H22N2O5S/c1-14-13-28(25,26)22(20(14)24)17-7-5-16(6-8-17)19(23)21-12-11-15-3-9-18(27-2)10-4-15/h3-10,14H,11-13H2,1-2H3,(H,21,23)/t14-/m0/s1. The van der Waals surface area contributed by atoms with E-state index >= 15 is 0 Å². The number of nitrogens with zero attached hydrogens (tertiary/aromatic N) is 1. The first-order valence-electron chi connectivity index (χ1n) is 8.90. The third-order valence-electron chi connectivity index (χ3n) is 4.58. The molecule has 2 aromatic rings. The van der Waals surface area contributed by atoms with E-state index in [4.69, 9.17) is 4.74 Å². The van der Waals surface area contributed by atoms with E-state index in [0.717, 1.165) is 15.6 Å². The lowest BCUT2D eigenvalue weighted by molar-refractivity contribution is -0.119. The highest BCUT2D eigenvalue weighted by molar-refractivity contribution is 7.94. The lowest BCUT2D eigenvalue weighted by atomic mass is 10.1. The molecule has 1 atom stereocenters. The van der Waals surface area contributed by atoms with E-state index in [1.165, 1.54) is 24.3 Å². The van der Waals surface area contributed by atoms with Crippen LogP contribution >= 0.6 is 0 Å². The maximum atomic E-state index is 12.3. The second kappa shape index (κ2) is 8.02. The van der Waals surface area contributed by atoms with Crippen molar-refractivity contribution in [3.05, 3.63) is 59.7 Å². The van der Waals surface area contributed by atoms with Crippen LogP contribution in [0.4, 0.5) is 5.69 Å². The first-order valence-corrected chi connectivity index (χ1v) is 10.5. The zero-order chi connectivity index (χ0) is 20.3. The van der Waals surface area contributed by atoms with E-state index in [0.29, 0.717) is 18.5 Å². The number of hydrogen-bond donors (Lipinski definition) is 1. The van der Waals surface area contributed by atoms with Gasteiger partial charge < -0.3 is 10.1 Å². The number of ether oxygens (including phenoxy) is 1. The predicted octanol–water partition coefficient (Wildman–Crippen LogP) is 1.98. The van der Waals surface area contributed by atoms with Gasteiger partial charge in [-0.2, -0.15) is 0 Å². The Balaban J connectivity index is 1.60. The predicted molar refractivity (Wildman–Crippen MR) is 106 cm³/mol. The number of hydrogen-bond acceptors (Lipinski definition) is 5. The maximum absolute atomic E-state index is 12.3. The number of carbonyl (C=O) groups is 2. The fourth-order valence-corrected chi connectivity index (χ4v) is 4.87. The molecule has 0 spiro atoms.